The Kier molecular flexibility index (Phi) is 5.69. The lowest BCUT2D eigenvalue weighted by Gasteiger charge is -2.06. The fourth-order valence-electron chi connectivity index (χ4n) is 1.70. The van der Waals surface area contributed by atoms with Crippen LogP contribution in [0.5, 0.6) is 5.75 Å². The molecule has 0 unspecified atom stereocenters. The number of aryl methyl sites for hydroxylation is 1. The van der Waals surface area contributed by atoms with E-state index in [1.165, 1.54) is 11.3 Å². The van der Waals surface area contributed by atoms with Gasteiger partial charge in [-0.05, 0) is 40.5 Å². The molecule has 1 N–H and O–H groups in total. The van der Waals surface area contributed by atoms with Gasteiger partial charge in [0.25, 0.3) is 5.91 Å². The first-order valence-corrected chi connectivity index (χ1v) is 8.22. The molecule has 1 aromatic carbocycles. The molecule has 112 valence electrons. The van der Waals surface area contributed by atoms with E-state index in [9.17, 15) is 4.79 Å². The number of aromatic nitrogens is 2. The Labute approximate surface area is 135 Å². The molecule has 1 aromatic heterocycles. The Morgan fingerprint density at radius 2 is 2.24 bits per heavy atom. The van der Waals surface area contributed by atoms with E-state index >= 15 is 0 Å². The van der Waals surface area contributed by atoms with Crippen molar-refractivity contribution in [2.75, 3.05) is 12.4 Å². The zero-order valence-corrected chi connectivity index (χ0v) is 14.3. The highest BCUT2D eigenvalue weighted by Gasteiger charge is 2.14. The summed E-state index contributed by atoms with van der Waals surface area (Å²) < 4.78 is 5.84. The lowest BCUT2D eigenvalue weighted by atomic mass is 10.2. The number of nitrogens with zero attached hydrogens (tertiary/aromatic N) is 2. The van der Waals surface area contributed by atoms with Crippen molar-refractivity contribution in [3.05, 3.63) is 33.2 Å². The molecule has 0 saturated carbocycles. The SMILES string of the molecule is CCCCc1nnc(NC(=O)c2cc(OC)ccc2Br)s1. The number of rotatable bonds is 6. The van der Waals surface area contributed by atoms with Crippen molar-refractivity contribution < 1.29 is 9.53 Å². The molecular formula is C14H16BrN3O2S. The van der Waals surface area contributed by atoms with E-state index in [0.29, 0.717) is 20.9 Å². The van der Waals surface area contributed by atoms with E-state index < -0.39 is 0 Å². The van der Waals surface area contributed by atoms with Gasteiger partial charge in [0.15, 0.2) is 0 Å². The molecule has 0 aliphatic rings. The summed E-state index contributed by atoms with van der Waals surface area (Å²) in [6.07, 6.45) is 3.08. The maximum absolute atomic E-state index is 12.3. The number of halogens is 1. The second-order valence-electron chi connectivity index (χ2n) is 4.40. The van der Waals surface area contributed by atoms with Crippen molar-refractivity contribution >= 4 is 38.3 Å². The minimum Gasteiger partial charge on any atom is -0.497 e. The Bertz CT molecular complexity index is 630. The fourth-order valence-corrected chi connectivity index (χ4v) is 2.91. The summed E-state index contributed by atoms with van der Waals surface area (Å²) in [4.78, 5) is 12.3. The van der Waals surface area contributed by atoms with Crippen LogP contribution >= 0.6 is 27.3 Å². The maximum atomic E-state index is 12.3. The van der Waals surface area contributed by atoms with Gasteiger partial charge in [0, 0.05) is 10.9 Å². The number of carbonyl (C=O) groups excluding carboxylic acids is 1. The minimum absolute atomic E-state index is 0.237. The van der Waals surface area contributed by atoms with Gasteiger partial charge in [-0.25, -0.2) is 0 Å². The first-order valence-electron chi connectivity index (χ1n) is 6.61. The molecular weight excluding hydrogens is 354 g/mol. The monoisotopic (exact) mass is 369 g/mol. The Morgan fingerprint density at radius 1 is 1.43 bits per heavy atom. The molecule has 0 atom stereocenters. The third kappa shape index (κ3) is 4.25. The van der Waals surface area contributed by atoms with Gasteiger partial charge >= 0.3 is 0 Å². The molecule has 1 heterocycles. The summed E-state index contributed by atoms with van der Waals surface area (Å²) in [6, 6.07) is 5.24. The third-order valence-electron chi connectivity index (χ3n) is 2.85. The van der Waals surface area contributed by atoms with Crippen molar-refractivity contribution in [3.8, 4) is 5.75 Å². The molecule has 7 heteroatoms. The summed E-state index contributed by atoms with van der Waals surface area (Å²) in [6.45, 7) is 2.13. The molecule has 1 amide bonds. The topological polar surface area (TPSA) is 64.1 Å². The van der Waals surface area contributed by atoms with E-state index in [-0.39, 0.29) is 5.91 Å². The van der Waals surface area contributed by atoms with Gasteiger partial charge in [-0.3, -0.25) is 10.1 Å². The van der Waals surface area contributed by atoms with Crippen LogP contribution in [-0.2, 0) is 6.42 Å². The van der Waals surface area contributed by atoms with Gasteiger partial charge in [0.05, 0.1) is 12.7 Å². The number of ether oxygens (including phenoxy) is 1. The van der Waals surface area contributed by atoms with E-state index in [4.69, 9.17) is 4.74 Å². The van der Waals surface area contributed by atoms with Gasteiger partial charge in [-0.15, -0.1) is 10.2 Å². The molecule has 2 rings (SSSR count). The Morgan fingerprint density at radius 3 is 2.95 bits per heavy atom. The number of benzene rings is 1. The molecule has 2 aromatic rings. The van der Waals surface area contributed by atoms with E-state index in [0.717, 1.165) is 24.3 Å². The zero-order valence-electron chi connectivity index (χ0n) is 11.9. The molecule has 0 aliphatic carbocycles. The van der Waals surface area contributed by atoms with Crippen LogP contribution in [0.4, 0.5) is 5.13 Å². The number of methoxy groups -OCH3 is 1. The van der Waals surface area contributed by atoms with Gasteiger partial charge in [0.2, 0.25) is 5.13 Å². The number of hydrogen-bond acceptors (Lipinski definition) is 5. The Balaban J connectivity index is 2.09. The molecule has 21 heavy (non-hydrogen) atoms. The predicted octanol–water partition coefficient (Wildman–Crippen LogP) is 3.90. The molecule has 0 saturated heterocycles. The number of carbonyl (C=O) groups is 1. The van der Waals surface area contributed by atoms with Crippen molar-refractivity contribution in [1.82, 2.24) is 10.2 Å². The first kappa shape index (κ1) is 15.9. The van der Waals surface area contributed by atoms with Crippen LogP contribution in [0.15, 0.2) is 22.7 Å². The largest absolute Gasteiger partial charge is 0.497 e. The number of nitrogens with one attached hydrogen (secondary N) is 1. The van der Waals surface area contributed by atoms with Crippen molar-refractivity contribution in [1.29, 1.82) is 0 Å². The van der Waals surface area contributed by atoms with Crippen LogP contribution in [0.25, 0.3) is 0 Å². The zero-order chi connectivity index (χ0) is 15.2. The average Bonchev–Trinajstić information content (AvgIpc) is 2.93. The molecule has 0 bridgehead atoms. The van der Waals surface area contributed by atoms with Gasteiger partial charge in [-0.1, -0.05) is 24.7 Å². The van der Waals surface area contributed by atoms with Crippen LogP contribution in [0, 0.1) is 0 Å². The molecule has 0 aliphatic heterocycles. The quantitative estimate of drug-likeness (QED) is 0.838. The summed E-state index contributed by atoms with van der Waals surface area (Å²) in [5.74, 6) is 0.392. The highest BCUT2D eigenvalue weighted by Crippen LogP contribution is 2.24. The number of hydrogen-bond donors (Lipinski definition) is 1. The average molecular weight is 370 g/mol. The third-order valence-corrected chi connectivity index (χ3v) is 4.44. The fraction of sp³-hybridized carbons (Fsp3) is 0.357. The van der Waals surface area contributed by atoms with E-state index in [1.54, 1.807) is 25.3 Å². The van der Waals surface area contributed by atoms with Crippen LogP contribution in [-0.4, -0.2) is 23.2 Å². The lowest BCUT2D eigenvalue weighted by molar-refractivity contribution is 0.102. The van der Waals surface area contributed by atoms with Crippen LogP contribution in [0.2, 0.25) is 0 Å². The molecule has 0 fully saturated rings. The van der Waals surface area contributed by atoms with E-state index in [1.807, 2.05) is 0 Å². The second-order valence-corrected chi connectivity index (χ2v) is 6.32. The summed E-state index contributed by atoms with van der Waals surface area (Å²) in [7, 11) is 1.57. The Hall–Kier alpha value is -1.47. The number of unbranched alkanes of at least 4 members (excludes halogenated alkanes) is 1. The molecule has 5 nitrogen and oxygen atoms in total. The number of amides is 1. The van der Waals surface area contributed by atoms with Crippen molar-refractivity contribution in [2.24, 2.45) is 0 Å². The van der Waals surface area contributed by atoms with Crippen molar-refractivity contribution in [2.45, 2.75) is 26.2 Å². The van der Waals surface area contributed by atoms with Crippen LogP contribution in [0.3, 0.4) is 0 Å². The second kappa shape index (κ2) is 7.51. The summed E-state index contributed by atoms with van der Waals surface area (Å²) in [5, 5.41) is 12.3. The maximum Gasteiger partial charge on any atom is 0.258 e. The first-order chi connectivity index (χ1) is 10.1. The molecule has 0 spiro atoms. The smallest absolute Gasteiger partial charge is 0.258 e. The van der Waals surface area contributed by atoms with Gasteiger partial charge in [0.1, 0.15) is 10.8 Å². The predicted molar refractivity (Wildman–Crippen MR) is 87.2 cm³/mol. The lowest BCUT2D eigenvalue weighted by Crippen LogP contribution is -2.12. The van der Waals surface area contributed by atoms with Crippen LogP contribution in [0.1, 0.15) is 35.1 Å². The van der Waals surface area contributed by atoms with E-state index in [2.05, 4.69) is 38.4 Å². The highest BCUT2D eigenvalue weighted by molar-refractivity contribution is 9.10. The van der Waals surface area contributed by atoms with Gasteiger partial charge < -0.3 is 4.74 Å². The minimum atomic E-state index is -0.237. The highest BCUT2D eigenvalue weighted by atomic mass is 79.9. The summed E-state index contributed by atoms with van der Waals surface area (Å²) >= 11 is 4.77. The molecule has 0 radical (unpaired) electrons. The summed E-state index contributed by atoms with van der Waals surface area (Å²) in [5.41, 5.74) is 0.500. The number of anilines is 1. The standard InChI is InChI=1S/C14H16BrN3O2S/c1-3-4-5-12-17-18-14(21-12)16-13(19)10-8-9(20-2)6-7-11(10)15/h6-8H,3-5H2,1-2H3,(H,16,18,19). The van der Waals surface area contributed by atoms with Crippen LogP contribution < -0.4 is 10.1 Å². The van der Waals surface area contributed by atoms with Crippen molar-refractivity contribution in [3.63, 3.8) is 0 Å². The normalized spacial score (nSPS) is 10.4. The van der Waals surface area contributed by atoms with Gasteiger partial charge in [-0.2, -0.15) is 0 Å².